The summed E-state index contributed by atoms with van der Waals surface area (Å²) in [6.45, 7) is 2.13. The van der Waals surface area contributed by atoms with Gasteiger partial charge < -0.3 is 24.5 Å². The Kier molecular flexibility index (Phi) is 3.64. The van der Waals surface area contributed by atoms with Crippen molar-refractivity contribution in [1.82, 2.24) is 15.0 Å². The van der Waals surface area contributed by atoms with Gasteiger partial charge in [-0.2, -0.15) is 4.98 Å². The summed E-state index contributed by atoms with van der Waals surface area (Å²) in [5.41, 5.74) is 3.54. The number of ether oxygens (including phenoxy) is 2. The van der Waals surface area contributed by atoms with E-state index >= 15 is 0 Å². The number of nitrogens with one attached hydrogen (secondary N) is 3. The second-order valence-corrected chi connectivity index (χ2v) is 6.27. The lowest BCUT2D eigenvalue weighted by molar-refractivity contribution is 0.174. The molecule has 0 fully saturated rings. The van der Waals surface area contributed by atoms with Crippen LogP contribution in [0.1, 0.15) is 5.56 Å². The molecule has 0 aliphatic carbocycles. The predicted molar refractivity (Wildman–Crippen MR) is 103 cm³/mol. The molecular weight excluding hydrogens is 362 g/mol. The van der Waals surface area contributed by atoms with Crippen molar-refractivity contribution in [2.24, 2.45) is 0 Å². The van der Waals surface area contributed by atoms with Crippen molar-refractivity contribution in [3.05, 3.63) is 58.7 Å². The van der Waals surface area contributed by atoms with E-state index in [9.17, 15) is 4.79 Å². The van der Waals surface area contributed by atoms with E-state index in [2.05, 4.69) is 25.6 Å². The Morgan fingerprint density at radius 1 is 1.04 bits per heavy atom. The molecule has 2 aromatic carbocycles. The minimum atomic E-state index is -0.486. The van der Waals surface area contributed by atoms with Crippen molar-refractivity contribution in [1.29, 1.82) is 0 Å². The Bertz CT molecular complexity index is 1250. The first-order chi connectivity index (χ1) is 13.6. The van der Waals surface area contributed by atoms with E-state index in [-0.39, 0.29) is 6.79 Å². The van der Waals surface area contributed by atoms with Gasteiger partial charge in [-0.15, -0.1) is 0 Å². The minimum Gasteiger partial charge on any atom is -0.454 e. The molecule has 9 nitrogen and oxygen atoms in total. The standard InChI is InChI=1S/C19H15N5O4/c1-10-8-20-18(22-12-3-5-15-16(7-12)27-9-26-15)24-17(10)21-11-2-4-14-13(6-11)23-19(25)28-14/h2-8H,9H2,1H3,(H,23,25)(H2,20,21,22,24). The number of anilines is 4. The highest BCUT2D eigenvalue weighted by Crippen LogP contribution is 2.35. The summed E-state index contributed by atoms with van der Waals surface area (Å²) in [5.74, 6) is 1.98. The smallest absolute Gasteiger partial charge is 0.417 e. The second-order valence-electron chi connectivity index (χ2n) is 6.27. The van der Waals surface area contributed by atoms with E-state index in [4.69, 9.17) is 13.9 Å². The Hall–Kier alpha value is -4.01. The number of aryl methyl sites for hydroxylation is 1. The van der Waals surface area contributed by atoms with Gasteiger partial charge >= 0.3 is 5.76 Å². The molecule has 4 aromatic rings. The number of aromatic nitrogens is 3. The lowest BCUT2D eigenvalue weighted by atomic mass is 10.2. The van der Waals surface area contributed by atoms with Crippen molar-refractivity contribution < 1.29 is 13.9 Å². The van der Waals surface area contributed by atoms with Crippen molar-refractivity contribution in [2.45, 2.75) is 6.92 Å². The number of fused-ring (bicyclic) bond motifs is 2. The largest absolute Gasteiger partial charge is 0.454 e. The number of H-pyrrole nitrogens is 1. The second kappa shape index (κ2) is 6.31. The van der Waals surface area contributed by atoms with E-state index in [0.717, 1.165) is 16.9 Å². The molecule has 0 bridgehead atoms. The summed E-state index contributed by atoms with van der Waals surface area (Å²) in [7, 11) is 0. The lowest BCUT2D eigenvalue weighted by Crippen LogP contribution is -2.02. The van der Waals surface area contributed by atoms with E-state index in [1.807, 2.05) is 31.2 Å². The van der Waals surface area contributed by atoms with Crippen molar-refractivity contribution in [2.75, 3.05) is 17.4 Å². The van der Waals surface area contributed by atoms with Crippen LogP contribution in [0.15, 0.2) is 51.8 Å². The number of hydrogen-bond donors (Lipinski definition) is 3. The van der Waals surface area contributed by atoms with Crippen LogP contribution >= 0.6 is 0 Å². The first-order valence-electron chi connectivity index (χ1n) is 8.54. The third kappa shape index (κ3) is 2.98. The van der Waals surface area contributed by atoms with E-state index in [0.29, 0.717) is 34.4 Å². The summed E-state index contributed by atoms with van der Waals surface area (Å²) in [6.07, 6.45) is 1.73. The zero-order valence-corrected chi connectivity index (χ0v) is 14.8. The molecular formula is C19H15N5O4. The molecule has 2 aromatic heterocycles. The molecule has 5 rings (SSSR count). The molecule has 0 spiro atoms. The molecule has 0 atom stereocenters. The average molecular weight is 377 g/mol. The summed E-state index contributed by atoms with van der Waals surface area (Å²) in [5, 5.41) is 6.40. The van der Waals surface area contributed by atoms with Gasteiger partial charge in [0.2, 0.25) is 12.7 Å². The molecule has 1 aliphatic rings. The van der Waals surface area contributed by atoms with Crippen LogP contribution in [0.2, 0.25) is 0 Å². The molecule has 0 radical (unpaired) electrons. The van der Waals surface area contributed by atoms with Crippen LogP contribution in [0.5, 0.6) is 11.5 Å². The molecule has 140 valence electrons. The molecule has 0 saturated carbocycles. The quantitative estimate of drug-likeness (QED) is 0.496. The van der Waals surface area contributed by atoms with Gasteiger partial charge in [0.25, 0.3) is 0 Å². The molecule has 9 heteroatoms. The maximum atomic E-state index is 11.3. The topological polar surface area (TPSA) is 114 Å². The SMILES string of the molecule is Cc1cnc(Nc2ccc3c(c2)OCO3)nc1Nc1ccc2oc(=O)[nH]c2c1. The van der Waals surface area contributed by atoms with Gasteiger partial charge in [-0.3, -0.25) is 4.98 Å². The van der Waals surface area contributed by atoms with Crippen molar-refractivity contribution in [3.63, 3.8) is 0 Å². The number of benzene rings is 2. The summed E-state index contributed by atoms with van der Waals surface area (Å²) in [4.78, 5) is 22.8. The number of hydrogen-bond acceptors (Lipinski definition) is 8. The van der Waals surface area contributed by atoms with Crippen molar-refractivity contribution >= 4 is 34.2 Å². The maximum Gasteiger partial charge on any atom is 0.417 e. The molecule has 3 heterocycles. The molecule has 0 amide bonds. The van der Waals surface area contributed by atoms with Gasteiger partial charge in [0.1, 0.15) is 5.82 Å². The average Bonchev–Trinajstić information content (AvgIpc) is 3.29. The van der Waals surface area contributed by atoms with Crippen LogP contribution in [0, 0.1) is 6.92 Å². The minimum absolute atomic E-state index is 0.222. The molecule has 1 aliphatic heterocycles. The van der Waals surface area contributed by atoms with Crippen LogP contribution in [0.25, 0.3) is 11.1 Å². The first kappa shape index (κ1) is 16.2. The van der Waals surface area contributed by atoms with Crippen LogP contribution < -0.4 is 25.9 Å². The van der Waals surface area contributed by atoms with Gasteiger partial charge in [-0.25, -0.2) is 9.78 Å². The summed E-state index contributed by atoms with van der Waals surface area (Å²) >= 11 is 0. The molecule has 3 N–H and O–H groups in total. The molecule has 28 heavy (non-hydrogen) atoms. The fraction of sp³-hybridized carbons (Fsp3) is 0.105. The Morgan fingerprint density at radius 2 is 1.86 bits per heavy atom. The van der Waals surface area contributed by atoms with Crippen LogP contribution in [-0.4, -0.2) is 21.7 Å². The third-order valence-electron chi connectivity index (χ3n) is 4.28. The normalized spacial score (nSPS) is 12.3. The summed E-state index contributed by atoms with van der Waals surface area (Å²) < 4.78 is 15.7. The number of rotatable bonds is 4. The van der Waals surface area contributed by atoms with Gasteiger partial charge in [0.05, 0.1) is 5.52 Å². The Balaban J connectivity index is 1.41. The monoisotopic (exact) mass is 377 g/mol. The van der Waals surface area contributed by atoms with Gasteiger partial charge in [0, 0.05) is 29.2 Å². The van der Waals surface area contributed by atoms with Gasteiger partial charge in [-0.05, 0) is 37.3 Å². The third-order valence-corrected chi connectivity index (χ3v) is 4.28. The zero-order chi connectivity index (χ0) is 19.1. The summed E-state index contributed by atoms with van der Waals surface area (Å²) in [6, 6.07) is 10.9. The van der Waals surface area contributed by atoms with Gasteiger partial charge in [-0.1, -0.05) is 0 Å². The highest BCUT2D eigenvalue weighted by molar-refractivity contribution is 5.78. The van der Waals surface area contributed by atoms with E-state index < -0.39 is 5.76 Å². The van der Waals surface area contributed by atoms with Crippen LogP contribution in [0.4, 0.5) is 23.1 Å². The zero-order valence-electron chi connectivity index (χ0n) is 14.8. The fourth-order valence-electron chi connectivity index (χ4n) is 2.90. The van der Waals surface area contributed by atoms with Crippen LogP contribution in [0.3, 0.4) is 0 Å². The fourth-order valence-corrected chi connectivity index (χ4v) is 2.90. The molecule has 0 saturated heterocycles. The Labute approximate surface area is 158 Å². The lowest BCUT2D eigenvalue weighted by Gasteiger charge is -2.11. The maximum absolute atomic E-state index is 11.3. The number of nitrogens with zero attached hydrogens (tertiary/aromatic N) is 2. The number of aromatic amines is 1. The highest BCUT2D eigenvalue weighted by Gasteiger charge is 2.14. The predicted octanol–water partition coefficient (Wildman–Crippen LogP) is 3.44. The highest BCUT2D eigenvalue weighted by atomic mass is 16.7. The number of oxazole rings is 1. The van der Waals surface area contributed by atoms with Crippen molar-refractivity contribution in [3.8, 4) is 11.5 Å². The van der Waals surface area contributed by atoms with E-state index in [1.165, 1.54) is 0 Å². The molecule has 0 unspecified atom stereocenters. The van der Waals surface area contributed by atoms with Crippen LogP contribution in [-0.2, 0) is 0 Å². The Morgan fingerprint density at radius 3 is 2.79 bits per heavy atom. The first-order valence-corrected chi connectivity index (χ1v) is 8.54. The van der Waals surface area contributed by atoms with Gasteiger partial charge in [0.15, 0.2) is 17.1 Å². The van der Waals surface area contributed by atoms with E-state index in [1.54, 1.807) is 18.3 Å².